The van der Waals surface area contributed by atoms with Gasteiger partial charge in [-0.2, -0.15) is 13.2 Å². The van der Waals surface area contributed by atoms with Crippen LogP contribution in [-0.4, -0.2) is 21.0 Å². The number of aromatic amines is 1. The fourth-order valence-electron chi connectivity index (χ4n) is 3.01. The fourth-order valence-corrected chi connectivity index (χ4v) is 3.01. The highest BCUT2D eigenvalue weighted by Gasteiger charge is 2.35. The van der Waals surface area contributed by atoms with Crippen molar-refractivity contribution in [2.75, 3.05) is 10.6 Å². The van der Waals surface area contributed by atoms with Crippen LogP contribution in [0.15, 0.2) is 48.9 Å². The number of halogens is 5. The number of rotatable bonds is 4. The van der Waals surface area contributed by atoms with E-state index in [1.54, 1.807) is 19.1 Å². The lowest BCUT2D eigenvalue weighted by atomic mass is 10.2. The second-order valence-electron chi connectivity index (χ2n) is 6.87. The van der Waals surface area contributed by atoms with Crippen molar-refractivity contribution in [1.82, 2.24) is 15.0 Å². The van der Waals surface area contributed by atoms with Gasteiger partial charge in [0.1, 0.15) is 11.4 Å². The first-order chi connectivity index (χ1) is 15.6. The summed E-state index contributed by atoms with van der Waals surface area (Å²) >= 11 is 0. The molecule has 0 aliphatic carbocycles. The number of nitrogens with one attached hydrogen (secondary N) is 3. The summed E-state index contributed by atoms with van der Waals surface area (Å²) in [5.41, 5.74) is -0.419. The van der Waals surface area contributed by atoms with Gasteiger partial charge in [-0.25, -0.2) is 18.6 Å². The van der Waals surface area contributed by atoms with Crippen LogP contribution in [0.4, 0.5) is 38.1 Å². The largest absolute Gasteiger partial charge is 0.450 e. The molecule has 0 fully saturated rings. The Hall–Kier alpha value is -4.22. The normalized spacial score (nSPS) is 11.5. The first-order valence-corrected chi connectivity index (χ1v) is 9.32. The number of H-pyrrole nitrogens is 1. The van der Waals surface area contributed by atoms with Crippen LogP contribution in [0.5, 0.6) is 11.5 Å². The van der Waals surface area contributed by atoms with Gasteiger partial charge in [-0.05, 0) is 25.1 Å². The van der Waals surface area contributed by atoms with Crippen molar-refractivity contribution in [3.05, 3.63) is 71.8 Å². The van der Waals surface area contributed by atoms with E-state index in [1.165, 1.54) is 6.20 Å². The predicted octanol–water partition coefficient (Wildman–Crippen LogP) is 6.00. The minimum Gasteiger partial charge on any atom is -0.450 e. The zero-order valence-electron chi connectivity index (χ0n) is 16.7. The molecular weight excluding hydrogens is 449 g/mol. The molecular formula is C21H14F5N5O2. The van der Waals surface area contributed by atoms with E-state index in [0.717, 1.165) is 30.1 Å². The van der Waals surface area contributed by atoms with Crippen molar-refractivity contribution in [3.63, 3.8) is 0 Å². The highest BCUT2D eigenvalue weighted by atomic mass is 19.4. The number of hydrogen-bond donors (Lipinski definition) is 3. The minimum atomic E-state index is -4.75. The van der Waals surface area contributed by atoms with E-state index in [9.17, 15) is 26.7 Å². The van der Waals surface area contributed by atoms with Crippen LogP contribution in [-0.2, 0) is 6.18 Å². The molecule has 2 amide bonds. The molecule has 0 aliphatic rings. The molecule has 170 valence electrons. The van der Waals surface area contributed by atoms with Gasteiger partial charge in [-0.15, -0.1) is 0 Å². The van der Waals surface area contributed by atoms with E-state index in [1.807, 2.05) is 0 Å². The number of ether oxygens (including phenoxy) is 1. The average Bonchev–Trinajstić information content (AvgIpc) is 3.18. The van der Waals surface area contributed by atoms with Gasteiger partial charge in [0, 0.05) is 35.9 Å². The Morgan fingerprint density at radius 2 is 1.73 bits per heavy atom. The van der Waals surface area contributed by atoms with Crippen LogP contribution in [0.3, 0.4) is 0 Å². The Bertz CT molecular complexity index is 1310. The molecule has 0 atom stereocenters. The number of fused-ring (bicyclic) bond motifs is 1. The predicted molar refractivity (Wildman–Crippen MR) is 109 cm³/mol. The van der Waals surface area contributed by atoms with Crippen molar-refractivity contribution in [3.8, 4) is 11.5 Å². The summed E-state index contributed by atoms with van der Waals surface area (Å²) in [7, 11) is 0. The van der Waals surface area contributed by atoms with Gasteiger partial charge >= 0.3 is 12.2 Å². The molecule has 0 bridgehead atoms. The zero-order valence-corrected chi connectivity index (χ0v) is 16.7. The van der Waals surface area contributed by atoms with Crippen molar-refractivity contribution < 1.29 is 31.5 Å². The van der Waals surface area contributed by atoms with Gasteiger partial charge in [-0.1, -0.05) is 0 Å². The van der Waals surface area contributed by atoms with Gasteiger partial charge < -0.3 is 20.4 Å². The summed E-state index contributed by atoms with van der Waals surface area (Å²) in [5, 5.41) is 4.22. The lowest BCUT2D eigenvalue weighted by Crippen LogP contribution is -2.19. The quantitative estimate of drug-likeness (QED) is 0.324. The van der Waals surface area contributed by atoms with Crippen molar-refractivity contribution in [2.45, 2.75) is 13.1 Å². The second-order valence-corrected chi connectivity index (χ2v) is 6.87. The van der Waals surface area contributed by atoms with Gasteiger partial charge in [0.25, 0.3) is 0 Å². The Morgan fingerprint density at radius 3 is 2.36 bits per heavy atom. The third-order valence-electron chi connectivity index (χ3n) is 4.48. The number of aromatic nitrogens is 3. The first kappa shape index (κ1) is 22.0. The van der Waals surface area contributed by atoms with E-state index in [2.05, 4.69) is 25.6 Å². The molecule has 0 saturated carbocycles. The molecule has 3 N–H and O–H groups in total. The zero-order chi connectivity index (χ0) is 23.8. The number of benzene rings is 1. The highest BCUT2D eigenvalue weighted by molar-refractivity contribution is 5.99. The lowest BCUT2D eigenvalue weighted by Gasteiger charge is -2.13. The SMILES string of the molecule is Cc1ccc(NC(=O)Nc2cc(F)c(Oc3ccnc4[nH]cc(C(F)(F)F)c34)c(F)c2)cn1. The number of carbonyl (C=O) groups is 1. The Morgan fingerprint density at radius 1 is 1.03 bits per heavy atom. The number of urea groups is 1. The Labute approximate surface area is 182 Å². The van der Waals surface area contributed by atoms with Gasteiger partial charge in [0.15, 0.2) is 17.4 Å². The first-order valence-electron chi connectivity index (χ1n) is 9.32. The molecule has 0 aliphatic heterocycles. The third-order valence-corrected chi connectivity index (χ3v) is 4.48. The number of alkyl halides is 3. The summed E-state index contributed by atoms with van der Waals surface area (Å²) in [6, 6.07) is 5.06. The summed E-state index contributed by atoms with van der Waals surface area (Å²) < 4.78 is 74.2. The van der Waals surface area contributed by atoms with Gasteiger partial charge in [0.05, 0.1) is 22.8 Å². The summed E-state index contributed by atoms with van der Waals surface area (Å²) in [6.07, 6.45) is -1.53. The van der Waals surface area contributed by atoms with E-state index in [-0.39, 0.29) is 11.3 Å². The van der Waals surface area contributed by atoms with E-state index < -0.39 is 46.3 Å². The number of anilines is 2. The standard InChI is InChI=1S/C21H14F5N5O2/c1-10-2-3-11(8-28-10)30-20(32)31-12-6-14(22)18(15(23)7-12)33-16-4-5-27-19-17(16)13(9-29-19)21(24,25)26/h2-9H,1H3,(H,27,29)(H2,30,31,32). The van der Waals surface area contributed by atoms with Crippen LogP contribution in [0, 0.1) is 18.6 Å². The van der Waals surface area contributed by atoms with Crippen LogP contribution in [0.2, 0.25) is 0 Å². The van der Waals surface area contributed by atoms with Crippen molar-refractivity contribution in [2.24, 2.45) is 0 Å². The van der Waals surface area contributed by atoms with E-state index in [0.29, 0.717) is 11.9 Å². The Kier molecular flexibility index (Phi) is 5.58. The highest BCUT2D eigenvalue weighted by Crippen LogP contribution is 2.40. The molecule has 12 heteroatoms. The number of nitrogens with zero attached hydrogens (tertiary/aromatic N) is 2. The van der Waals surface area contributed by atoms with Crippen LogP contribution in [0.25, 0.3) is 11.0 Å². The van der Waals surface area contributed by atoms with Crippen molar-refractivity contribution >= 4 is 28.4 Å². The van der Waals surface area contributed by atoms with Gasteiger partial charge in [-0.3, -0.25) is 4.98 Å². The van der Waals surface area contributed by atoms with Gasteiger partial charge in [0.2, 0.25) is 0 Å². The fraction of sp³-hybridized carbons (Fsp3) is 0.0952. The smallest absolute Gasteiger partial charge is 0.418 e. The Balaban J connectivity index is 1.58. The molecule has 1 aromatic carbocycles. The van der Waals surface area contributed by atoms with Crippen molar-refractivity contribution in [1.29, 1.82) is 0 Å². The third kappa shape index (κ3) is 4.68. The summed E-state index contributed by atoms with van der Waals surface area (Å²) in [6.45, 7) is 1.76. The van der Waals surface area contributed by atoms with E-state index >= 15 is 0 Å². The number of aryl methyl sites for hydroxylation is 1. The molecule has 0 saturated heterocycles. The topological polar surface area (TPSA) is 91.9 Å². The molecule has 3 aromatic heterocycles. The average molecular weight is 463 g/mol. The summed E-state index contributed by atoms with van der Waals surface area (Å²) in [5.74, 6) is -3.87. The monoisotopic (exact) mass is 463 g/mol. The molecule has 7 nitrogen and oxygen atoms in total. The molecule has 0 unspecified atom stereocenters. The maximum Gasteiger partial charge on any atom is 0.418 e. The molecule has 0 radical (unpaired) electrons. The maximum atomic E-state index is 14.6. The molecule has 0 spiro atoms. The van der Waals surface area contributed by atoms with Crippen LogP contribution < -0.4 is 15.4 Å². The van der Waals surface area contributed by atoms with E-state index in [4.69, 9.17) is 4.74 Å². The number of pyridine rings is 2. The van der Waals surface area contributed by atoms with Crippen LogP contribution in [0.1, 0.15) is 11.3 Å². The number of hydrogen-bond acceptors (Lipinski definition) is 4. The number of amides is 2. The molecule has 4 rings (SSSR count). The molecule has 3 heterocycles. The molecule has 4 aromatic rings. The maximum absolute atomic E-state index is 14.6. The number of carbonyl (C=O) groups excluding carboxylic acids is 1. The second kappa shape index (κ2) is 8.37. The minimum absolute atomic E-state index is 0.166. The van der Waals surface area contributed by atoms with Crippen LogP contribution >= 0.6 is 0 Å². The molecule has 33 heavy (non-hydrogen) atoms. The summed E-state index contributed by atoms with van der Waals surface area (Å²) in [4.78, 5) is 22.2. The lowest BCUT2D eigenvalue weighted by molar-refractivity contribution is -0.136.